The summed E-state index contributed by atoms with van der Waals surface area (Å²) in [4.78, 5) is 16.3. The minimum absolute atomic E-state index is 0.0549. The number of hydrogen-bond acceptors (Lipinski definition) is 3. The smallest absolute Gasteiger partial charge is 0.254 e. The van der Waals surface area contributed by atoms with Gasteiger partial charge in [0.2, 0.25) is 5.88 Å². The van der Waals surface area contributed by atoms with Crippen LogP contribution in [0.15, 0.2) is 60.8 Å². The van der Waals surface area contributed by atoms with E-state index in [0.717, 1.165) is 6.07 Å². The average molecular weight is 375 g/mol. The third kappa shape index (κ3) is 4.34. The first kappa shape index (κ1) is 17.8. The summed E-state index contributed by atoms with van der Waals surface area (Å²) in [5.74, 6) is -1.25. The lowest BCUT2D eigenvalue weighted by Crippen LogP contribution is -2.24. The quantitative estimate of drug-likeness (QED) is 0.702. The summed E-state index contributed by atoms with van der Waals surface area (Å²) >= 11 is 5.68. The molecular weight excluding hydrogens is 362 g/mol. The number of halogens is 3. The zero-order valence-electron chi connectivity index (χ0n) is 13.4. The van der Waals surface area contributed by atoms with Crippen molar-refractivity contribution < 1.29 is 18.3 Å². The number of carbonyl (C=O) groups excluding carboxylic acids is 1. The molecule has 0 saturated heterocycles. The van der Waals surface area contributed by atoms with E-state index in [9.17, 15) is 13.6 Å². The summed E-state index contributed by atoms with van der Waals surface area (Å²) in [6, 6.07) is 12.8. The first-order valence-electron chi connectivity index (χ1n) is 7.63. The maximum absolute atomic E-state index is 13.8. The van der Waals surface area contributed by atoms with E-state index >= 15 is 0 Å². The van der Waals surface area contributed by atoms with Gasteiger partial charge in [-0.1, -0.05) is 23.7 Å². The van der Waals surface area contributed by atoms with Gasteiger partial charge in [-0.05, 0) is 36.4 Å². The Morgan fingerprint density at radius 3 is 2.73 bits per heavy atom. The Morgan fingerprint density at radius 2 is 1.96 bits per heavy atom. The molecular formula is C19H13ClF2N2O2. The van der Waals surface area contributed by atoms with Crippen LogP contribution in [-0.2, 0) is 6.54 Å². The average Bonchev–Trinajstić information content (AvgIpc) is 2.61. The molecule has 1 heterocycles. The van der Waals surface area contributed by atoms with Crippen molar-refractivity contribution in [1.29, 1.82) is 0 Å². The lowest BCUT2D eigenvalue weighted by atomic mass is 10.2. The molecule has 0 radical (unpaired) electrons. The number of benzene rings is 2. The molecule has 2 aromatic carbocycles. The van der Waals surface area contributed by atoms with E-state index in [-0.39, 0.29) is 28.8 Å². The molecule has 0 aliphatic rings. The fourth-order valence-corrected chi connectivity index (χ4v) is 2.40. The van der Waals surface area contributed by atoms with Gasteiger partial charge in [0.25, 0.3) is 5.91 Å². The van der Waals surface area contributed by atoms with E-state index in [2.05, 4.69) is 10.3 Å². The molecule has 1 N–H and O–H groups in total. The predicted molar refractivity (Wildman–Crippen MR) is 93.3 cm³/mol. The summed E-state index contributed by atoms with van der Waals surface area (Å²) in [6.45, 7) is 0.0549. The molecule has 3 aromatic rings. The lowest BCUT2D eigenvalue weighted by molar-refractivity contribution is 0.0946. The molecule has 26 heavy (non-hydrogen) atoms. The molecule has 0 bridgehead atoms. The van der Waals surface area contributed by atoms with Gasteiger partial charge in [0.15, 0.2) is 0 Å². The molecule has 1 aromatic heterocycles. The van der Waals surface area contributed by atoms with Crippen LogP contribution in [0.25, 0.3) is 0 Å². The summed E-state index contributed by atoms with van der Waals surface area (Å²) in [7, 11) is 0. The Hall–Kier alpha value is -2.99. The molecule has 1 amide bonds. The second-order valence-corrected chi connectivity index (χ2v) is 5.77. The Labute approximate surface area is 153 Å². The van der Waals surface area contributed by atoms with Crippen LogP contribution in [0.4, 0.5) is 8.78 Å². The molecule has 0 fully saturated rings. The number of nitrogens with zero attached hydrogens (tertiary/aromatic N) is 1. The van der Waals surface area contributed by atoms with Crippen LogP contribution < -0.4 is 10.1 Å². The Balaban J connectivity index is 1.73. The number of rotatable bonds is 5. The number of amides is 1. The second kappa shape index (κ2) is 7.93. The number of ether oxygens (including phenoxy) is 1. The van der Waals surface area contributed by atoms with Gasteiger partial charge in [-0.25, -0.2) is 13.8 Å². The fourth-order valence-electron chi connectivity index (χ4n) is 2.24. The zero-order valence-corrected chi connectivity index (χ0v) is 14.1. The molecule has 7 heteroatoms. The van der Waals surface area contributed by atoms with Gasteiger partial charge in [-0.2, -0.15) is 0 Å². The van der Waals surface area contributed by atoms with Gasteiger partial charge in [-0.3, -0.25) is 4.79 Å². The molecule has 0 aliphatic heterocycles. The Morgan fingerprint density at radius 1 is 1.12 bits per heavy atom. The van der Waals surface area contributed by atoms with Crippen LogP contribution in [0.3, 0.4) is 0 Å². The van der Waals surface area contributed by atoms with E-state index in [0.29, 0.717) is 5.56 Å². The highest BCUT2D eigenvalue weighted by molar-refractivity contribution is 6.30. The van der Waals surface area contributed by atoms with Crippen LogP contribution in [-0.4, -0.2) is 10.9 Å². The molecule has 0 saturated carbocycles. The highest BCUT2D eigenvalue weighted by Gasteiger charge is 2.13. The normalized spacial score (nSPS) is 10.4. The topological polar surface area (TPSA) is 51.2 Å². The van der Waals surface area contributed by atoms with Crippen LogP contribution in [0.2, 0.25) is 5.02 Å². The largest absolute Gasteiger partial charge is 0.439 e. The summed E-state index contributed by atoms with van der Waals surface area (Å²) in [5, 5.41) is 2.80. The number of aromatic nitrogens is 1. The van der Waals surface area contributed by atoms with Gasteiger partial charge in [0, 0.05) is 29.4 Å². The third-order valence-electron chi connectivity index (χ3n) is 3.48. The molecule has 132 valence electrons. The van der Waals surface area contributed by atoms with E-state index < -0.39 is 17.5 Å². The van der Waals surface area contributed by atoms with E-state index in [1.807, 2.05) is 0 Å². The highest BCUT2D eigenvalue weighted by atomic mass is 35.5. The van der Waals surface area contributed by atoms with Crippen LogP contribution >= 0.6 is 11.6 Å². The van der Waals surface area contributed by atoms with E-state index in [4.69, 9.17) is 16.3 Å². The van der Waals surface area contributed by atoms with Gasteiger partial charge in [-0.15, -0.1) is 0 Å². The highest BCUT2D eigenvalue weighted by Crippen LogP contribution is 2.23. The minimum atomic E-state index is -0.711. The fraction of sp³-hybridized carbons (Fsp3) is 0.0526. The molecule has 0 atom stereocenters. The molecule has 0 spiro atoms. The molecule has 0 unspecified atom stereocenters. The van der Waals surface area contributed by atoms with E-state index in [1.54, 1.807) is 18.2 Å². The van der Waals surface area contributed by atoms with Crippen molar-refractivity contribution in [3.63, 3.8) is 0 Å². The van der Waals surface area contributed by atoms with Gasteiger partial charge < -0.3 is 10.1 Å². The first-order valence-corrected chi connectivity index (χ1v) is 8.01. The predicted octanol–water partition coefficient (Wildman–Crippen LogP) is 4.74. The first-order chi connectivity index (χ1) is 12.5. The maximum Gasteiger partial charge on any atom is 0.254 e. The van der Waals surface area contributed by atoms with Crippen molar-refractivity contribution in [3.8, 4) is 11.6 Å². The monoisotopic (exact) mass is 374 g/mol. The number of pyridine rings is 1. The van der Waals surface area contributed by atoms with Crippen LogP contribution in [0.1, 0.15) is 15.9 Å². The van der Waals surface area contributed by atoms with Crippen molar-refractivity contribution >= 4 is 17.5 Å². The van der Waals surface area contributed by atoms with Crippen LogP contribution in [0, 0.1) is 11.6 Å². The standard InChI is InChI=1S/C19H13ClF2N2O2/c20-13-6-7-16(17(22)9-13)18(25)24-11-12-3-2-8-23-19(12)26-15-5-1-4-14(21)10-15/h1-10H,11H2,(H,24,25). The van der Waals surface area contributed by atoms with Gasteiger partial charge in [0.05, 0.1) is 5.56 Å². The van der Waals surface area contributed by atoms with Gasteiger partial charge in [0.1, 0.15) is 17.4 Å². The zero-order chi connectivity index (χ0) is 18.5. The molecule has 0 aliphatic carbocycles. The SMILES string of the molecule is O=C(NCc1cccnc1Oc1cccc(F)c1)c1ccc(Cl)cc1F. The number of carbonyl (C=O) groups is 1. The number of hydrogen-bond donors (Lipinski definition) is 1. The Bertz CT molecular complexity index is 950. The summed E-state index contributed by atoms with van der Waals surface area (Å²) in [6.07, 6.45) is 1.51. The van der Waals surface area contributed by atoms with Crippen molar-refractivity contribution in [2.45, 2.75) is 6.54 Å². The van der Waals surface area contributed by atoms with Crippen molar-refractivity contribution in [1.82, 2.24) is 10.3 Å². The lowest BCUT2D eigenvalue weighted by Gasteiger charge is -2.11. The van der Waals surface area contributed by atoms with Crippen LogP contribution in [0.5, 0.6) is 11.6 Å². The van der Waals surface area contributed by atoms with Crippen molar-refractivity contribution in [2.24, 2.45) is 0 Å². The van der Waals surface area contributed by atoms with Crippen molar-refractivity contribution in [3.05, 3.63) is 88.6 Å². The second-order valence-electron chi connectivity index (χ2n) is 5.33. The molecule has 3 rings (SSSR count). The summed E-state index contributed by atoms with van der Waals surface area (Å²) < 4.78 is 32.7. The number of nitrogens with one attached hydrogen (secondary N) is 1. The maximum atomic E-state index is 13.8. The van der Waals surface area contributed by atoms with Gasteiger partial charge >= 0.3 is 0 Å². The summed E-state index contributed by atoms with van der Waals surface area (Å²) in [5.41, 5.74) is 0.436. The minimum Gasteiger partial charge on any atom is -0.439 e. The Kier molecular flexibility index (Phi) is 5.43. The third-order valence-corrected chi connectivity index (χ3v) is 3.71. The molecule has 4 nitrogen and oxygen atoms in total. The van der Waals surface area contributed by atoms with E-state index in [1.165, 1.54) is 36.5 Å². The van der Waals surface area contributed by atoms with Crippen molar-refractivity contribution in [2.75, 3.05) is 0 Å².